The van der Waals surface area contributed by atoms with Crippen LogP contribution in [-0.4, -0.2) is 0 Å². The molecule has 0 unspecified atom stereocenters. The molecule has 2 nitrogen and oxygen atoms in total. The van der Waals surface area contributed by atoms with Crippen LogP contribution in [0.3, 0.4) is 0 Å². The van der Waals surface area contributed by atoms with Crippen LogP contribution < -0.4 is 86.8 Å². The van der Waals surface area contributed by atoms with Gasteiger partial charge in [0.2, 0.25) is 0 Å². The van der Waals surface area contributed by atoms with Gasteiger partial charge in [-0.3, -0.25) is 0 Å². The molecule has 0 radical (unpaired) electrons. The van der Waals surface area contributed by atoms with E-state index in [1.165, 1.54) is 0 Å². The Morgan fingerprint density at radius 1 is 0.297 bits per heavy atom. The van der Waals surface area contributed by atoms with E-state index in [1.807, 2.05) is 27.7 Å². The fourth-order valence-corrected chi connectivity index (χ4v) is 10.9. The van der Waals surface area contributed by atoms with Crippen LogP contribution in [0.25, 0.3) is 66.8 Å². The van der Waals surface area contributed by atoms with Crippen molar-refractivity contribution in [3.05, 3.63) is 194 Å². The smallest absolute Gasteiger partial charge is 1.00 e. The second-order valence-electron chi connectivity index (χ2n) is 17.4. The van der Waals surface area contributed by atoms with Crippen molar-refractivity contribution in [2.24, 2.45) is 0 Å². The van der Waals surface area contributed by atoms with Gasteiger partial charge in [-0.25, -0.2) is 52.7 Å². The number of rotatable bonds is 6. The summed E-state index contributed by atoms with van der Waals surface area (Å²) in [6.07, 6.45) is 0. The molecule has 0 aliphatic heterocycles. The predicted octanol–water partition coefficient (Wildman–Crippen LogP) is 11.9. The Balaban J connectivity index is 0.000000267. The summed E-state index contributed by atoms with van der Waals surface area (Å²) in [5, 5.41) is 0. The van der Waals surface area contributed by atoms with Crippen molar-refractivity contribution in [1.29, 1.82) is 0 Å². The maximum atomic E-state index is 14.1. The first-order valence-corrected chi connectivity index (χ1v) is 23.8. The van der Waals surface area contributed by atoms with Gasteiger partial charge in [0, 0.05) is 51.9 Å². The Bertz CT molecular complexity index is 3040. The molecule has 74 heavy (non-hydrogen) atoms. The summed E-state index contributed by atoms with van der Waals surface area (Å²) in [5.41, 5.74) is 24.1. The number of nitrogens with two attached hydrogens (primary N) is 2. The van der Waals surface area contributed by atoms with E-state index in [1.54, 1.807) is 52.0 Å². The molecule has 4 N–H and O–H groups in total. The number of aryl methyl sites for hydroxylation is 4. The van der Waals surface area contributed by atoms with Gasteiger partial charge >= 0.3 is 51.4 Å². The molecule has 8 rings (SSSR count). The Morgan fingerprint density at radius 2 is 0.473 bits per heavy atom. The summed E-state index contributed by atoms with van der Waals surface area (Å²) in [5.74, 6) is -16.9. The van der Waals surface area contributed by atoms with Crippen LogP contribution in [0.4, 0.5) is 64.1 Å². The first-order valence-electron chi connectivity index (χ1n) is 21.7. The molecular weight excluding hydrogens is 1350 g/mol. The van der Waals surface area contributed by atoms with Gasteiger partial charge in [0.1, 0.15) is 0 Å². The average molecular weight is 1390 g/mol. The molecule has 8 aromatic carbocycles. The first kappa shape index (κ1) is 61.2. The topological polar surface area (TPSA) is 52.0 Å². The van der Waals surface area contributed by atoms with Gasteiger partial charge in [-0.2, -0.15) is 0 Å². The van der Waals surface area contributed by atoms with Crippen LogP contribution in [0.5, 0.6) is 0 Å². The van der Waals surface area contributed by atoms with Crippen LogP contribution in [0.15, 0.2) is 72.8 Å². The molecule has 0 heterocycles. The molecule has 0 atom stereocenters. The number of nitrogen functional groups attached to an aromatic ring is 2. The molecule has 8 aromatic rings. The van der Waals surface area contributed by atoms with Gasteiger partial charge in [-0.1, -0.05) is 12.1 Å². The van der Waals surface area contributed by atoms with Crippen LogP contribution in [-0.2, 0) is 0 Å². The Morgan fingerprint density at radius 3 is 0.689 bits per heavy atom. The number of halogens is 15. The van der Waals surface area contributed by atoms with Crippen LogP contribution in [0.2, 0.25) is 0 Å². The molecular formula is C56H40F12I3KN2. The van der Waals surface area contributed by atoms with E-state index in [0.29, 0.717) is 51.6 Å². The number of anilines is 2. The second-order valence-corrected chi connectivity index (χ2v) is 19.6. The fourth-order valence-electron chi connectivity index (χ4n) is 8.62. The zero-order valence-corrected chi connectivity index (χ0v) is 50.3. The molecule has 0 spiro atoms. The summed E-state index contributed by atoms with van der Waals surface area (Å²) in [7, 11) is 0. The van der Waals surface area contributed by atoms with Gasteiger partial charge in [-0.05, 0) is 239 Å². The maximum Gasteiger partial charge on any atom is 1.00 e. The molecule has 0 saturated carbocycles. The number of hydrogen-bond donors (Lipinski definition) is 2. The summed E-state index contributed by atoms with van der Waals surface area (Å²) in [4.78, 5) is 0. The summed E-state index contributed by atoms with van der Waals surface area (Å²) in [6, 6.07) is 14.1. The molecule has 0 aliphatic carbocycles. The number of hydrogen-bond acceptors (Lipinski definition) is 2. The van der Waals surface area contributed by atoms with Crippen LogP contribution >= 0.6 is 45.2 Å². The van der Waals surface area contributed by atoms with E-state index in [0.717, 1.165) is 81.9 Å². The maximum absolute atomic E-state index is 14.1. The number of benzene rings is 8. The van der Waals surface area contributed by atoms with E-state index in [4.69, 9.17) is 11.5 Å². The van der Waals surface area contributed by atoms with E-state index < -0.39 is 69.8 Å². The minimum Gasteiger partial charge on any atom is -1.00 e. The third-order valence-electron chi connectivity index (χ3n) is 13.0. The van der Waals surface area contributed by atoms with E-state index in [-0.39, 0.29) is 120 Å². The fraction of sp³-hybridized carbons (Fsp3) is 0.143. The molecule has 0 fully saturated rings. The first-order chi connectivity index (χ1) is 33.7. The van der Waals surface area contributed by atoms with Crippen molar-refractivity contribution in [2.75, 3.05) is 11.5 Å². The van der Waals surface area contributed by atoms with Crippen LogP contribution in [0, 0.1) is 132 Å². The van der Waals surface area contributed by atoms with Crippen molar-refractivity contribution >= 4 is 56.6 Å². The third-order valence-corrected chi connectivity index (χ3v) is 15.3. The summed E-state index contributed by atoms with van der Waals surface area (Å²) in [6.45, 7) is 14.7. The van der Waals surface area contributed by atoms with E-state index in [9.17, 15) is 52.7 Å². The predicted molar refractivity (Wildman–Crippen MR) is 277 cm³/mol. The molecule has 0 aliphatic rings. The van der Waals surface area contributed by atoms with E-state index in [2.05, 4.69) is 45.2 Å². The minimum atomic E-state index is -1.59. The normalized spacial score (nSPS) is 11.0. The second kappa shape index (κ2) is 23.9. The molecule has 0 aromatic heterocycles. The molecule has 380 valence electrons. The van der Waals surface area contributed by atoms with Gasteiger partial charge in [0.15, 0.2) is 69.8 Å². The van der Waals surface area contributed by atoms with Crippen molar-refractivity contribution in [1.82, 2.24) is 0 Å². The van der Waals surface area contributed by atoms with Crippen LogP contribution in [0.1, 0.15) is 44.5 Å². The molecule has 0 saturated heterocycles. The van der Waals surface area contributed by atoms with Crippen molar-refractivity contribution in [2.45, 2.75) is 55.4 Å². The Kier molecular flexibility index (Phi) is 19.8. The summed E-state index contributed by atoms with van der Waals surface area (Å²) < 4.78 is 168. The minimum absolute atomic E-state index is 0. The van der Waals surface area contributed by atoms with Crippen molar-refractivity contribution in [3.63, 3.8) is 0 Å². The molecule has 0 amide bonds. The van der Waals surface area contributed by atoms with Gasteiger partial charge in [0.25, 0.3) is 0 Å². The monoisotopic (exact) mass is 1390 g/mol. The Hall–Kier alpha value is -3.65. The third kappa shape index (κ3) is 11.5. The van der Waals surface area contributed by atoms with Crippen molar-refractivity contribution in [3.8, 4) is 66.8 Å². The Labute approximate surface area is 506 Å². The largest absolute Gasteiger partial charge is 1.00 e. The standard InChI is InChI=1S/C28H18F6I2.C28H22F6N2.HI.K/c2*1-11-5-17(15-7-19(29)25(33)20(30)8-15)27(35)23(13(11)3)24-14(4)12(2)6-18(28(24)36)16-9-21(31)26(34)22(32)10-16;;/h5-10H,1-4H3;5-10H,35-36H2,1-4H3;1H;/q;;;+1/p-1. The quantitative estimate of drug-likeness (QED) is 0.0573. The zero-order valence-electron chi connectivity index (χ0n) is 40.8. The van der Waals surface area contributed by atoms with E-state index >= 15 is 0 Å². The van der Waals surface area contributed by atoms with Gasteiger partial charge in [-0.15, -0.1) is 0 Å². The van der Waals surface area contributed by atoms with Gasteiger partial charge in [0.05, 0.1) is 0 Å². The zero-order chi connectivity index (χ0) is 53.3. The summed E-state index contributed by atoms with van der Waals surface area (Å²) >= 11 is 4.19. The SMILES string of the molecule is Cc1cc(-c2cc(F)c(F)c(F)c2)c(I)c(-c2c(C)c(C)cc(-c3cc(F)c(F)c(F)c3)c2I)c1C.Cc1cc(-c2cc(F)c(F)c(F)c2)c(N)c(-c2c(C)c(C)cc(-c3cc(F)c(F)c(F)c3)c2N)c1C.[I-].[K+]. The molecule has 18 heteroatoms. The van der Waals surface area contributed by atoms with Crippen molar-refractivity contribution < 1.29 is 128 Å². The average Bonchev–Trinajstić information content (AvgIpc) is 3.32. The van der Waals surface area contributed by atoms with Gasteiger partial charge < -0.3 is 35.4 Å². The molecule has 0 bridgehead atoms.